The first-order valence-corrected chi connectivity index (χ1v) is 4.51. The summed E-state index contributed by atoms with van der Waals surface area (Å²) in [4.78, 5) is 0. The predicted molar refractivity (Wildman–Crippen MR) is 30.2 cm³/mol. The Kier molecular flexibility index (Phi) is 1.52. The van der Waals surface area contributed by atoms with Crippen LogP contribution in [0.3, 0.4) is 0 Å². The van der Waals surface area contributed by atoms with Crippen molar-refractivity contribution in [3.8, 4) is 0 Å². The lowest BCUT2D eigenvalue weighted by Crippen LogP contribution is -2.50. The summed E-state index contributed by atoms with van der Waals surface area (Å²) in [6.45, 7) is 5.26. The molecule has 4 N–H and O–H groups in total. The lowest BCUT2D eigenvalue weighted by Gasteiger charge is -2.04. The van der Waals surface area contributed by atoms with E-state index in [-0.39, 0.29) is 0 Å². The van der Waals surface area contributed by atoms with Crippen molar-refractivity contribution in [2.45, 2.75) is 6.55 Å². The van der Waals surface area contributed by atoms with Gasteiger partial charge in [0.1, 0.15) is 0 Å². The van der Waals surface area contributed by atoms with Gasteiger partial charge in [0.05, 0.1) is 0 Å². The lowest BCUT2D eigenvalue weighted by atomic mass is 11.3. The second-order valence-corrected chi connectivity index (χ2v) is 4.71. The summed E-state index contributed by atoms with van der Waals surface area (Å²) in [6.07, 6.45) is 0. The summed E-state index contributed by atoms with van der Waals surface area (Å²) >= 11 is 0. The number of rotatable bonds is 1. The van der Waals surface area contributed by atoms with Crippen LogP contribution in [-0.2, 0) is 0 Å². The Morgan fingerprint density at radius 2 is 1.83 bits per heavy atom. The first kappa shape index (κ1) is 5.88. The van der Waals surface area contributed by atoms with Gasteiger partial charge in [0, 0.05) is 0 Å². The zero-order valence-corrected chi connectivity index (χ0v) is 4.94. The highest BCUT2D eigenvalue weighted by Gasteiger charge is 2.06. The maximum Gasteiger partial charge on any atom is 0.217 e. The van der Waals surface area contributed by atoms with Crippen LogP contribution in [-0.4, -0.2) is 8.40 Å². The lowest BCUT2D eigenvalue weighted by molar-refractivity contribution is 1.54. The van der Waals surface area contributed by atoms with Crippen LogP contribution < -0.4 is 10.8 Å². The van der Waals surface area contributed by atoms with Gasteiger partial charge in [-0.15, -0.1) is 6.58 Å². The molecule has 0 spiro atoms. The topological polar surface area (TPSA) is 52.0 Å². The molecule has 0 aromatic rings. The summed E-state index contributed by atoms with van der Waals surface area (Å²) in [7, 11) is -1.87. The van der Waals surface area contributed by atoms with E-state index in [2.05, 4.69) is 6.58 Å². The zero-order valence-electron chi connectivity index (χ0n) is 3.94. The monoisotopic (exact) mass is 102 g/mol. The largest absolute Gasteiger partial charge is 0.336 e. The summed E-state index contributed by atoms with van der Waals surface area (Å²) in [5.41, 5.74) is 1.63. The molecule has 0 saturated carbocycles. The third-order valence-corrected chi connectivity index (χ3v) is 1.32. The molecule has 6 heavy (non-hydrogen) atoms. The van der Waals surface area contributed by atoms with Crippen LogP contribution in [0.25, 0.3) is 0 Å². The van der Waals surface area contributed by atoms with E-state index in [1.807, 2.05) is 6.55 Å². The summed E-state index contributed by atoms with van der Waals surface area (Å²) in [6, 6.07) is 0. The van der Waals surface area contributed by atoms with E-state index in [9.17, 15) is 0 Å². The van der Waals surface area contributed by atoms with Crippen LogP contribution in [0.4, 0.5) is 0 Å². The summed E-state index contributed by atoms with van der Waals surface area (Å²) < 4.78 is 0. The molecule has 3 heteroatoms. The van der Waals surface area contributed by atoms with Crippen LogP contribution in [0.1, 0.15) is 0 Å². The van der Waals surface area contributed by atoms with Crippen molar-refractivity contribution >= 4 is 8.40 Å². The molecule has 0 aliphatic rings. The maximum absolute atomic E-state index is 5.33. The number of nitrogens with two attached hydrogens (primary N) is 2. The minimum atomic E-state index is -1.87. The number of hydrogen-bond donors (Lipinski definition) is 2. The van der Waals surface area contributed by atoms with Crippen LogP contribution in [0.2, 0.25) is 6.55 Å². The highest BCUT2D eigenvalue weighted by atomic mass is 28.3. The van der Waals surface area contributed by atoms with Crippen molar-refractivity contribution in [3.05, 3.63) is 12.3 Å². The molecule has 2 nitrogen and oxygen atoms in total. The van der Waals surface area contributed by atoms with E-state index in [4.69, 9.17) is 10.8 Å². The highest BCUT2D eigenvalue weighted by Crippen LogP contribution is 1.76. The van der Waals surface area contributed by atoms with Gasteiger partial charge in [0.25, 0.3) is 0 Å². The molecule has 0 unspecified atom stereocenters. The Labute approximate surface area is 39.0 Å². The minimum Gasteiger partial charge on any atom is -0.336 e. The molecule has 0 radical (unpaired) electrons. The van der Waals surface area contributed by atoms with Crippen LogP contribution in [0.15, 0.2) is 12.3 Å². The average Bonchev–Trinajstić information content (AvgIpc) is 1.35. The molecular formula is C3H10N2Si. The van der Waals surface area contributed by atoms with Gasteiger partial charge in [-0.3, -0.25) is 0 Å². The van der Waals surface area contributed by atoms with Gasteiger partial charge >= 0.3 is 0 Å². The Morgan fingerprint density at radius 3 is 1.83 bits per heavy atom. The zero-order chi connectivity index (χ0) is 5.21. The standard InChI is InChI=1S/C3H10N2Si/c1-3-6(2,4)5/h3H,1,4-5H2,2H3. The molecule has 0 fully saturated rings. The van der Waals surface area contributed by atoms with Gasteiger partial charge in [-0.25, -0.2) is 0 Å². The normalized spacial score (nSPS) is 11.2. The average molecular weight is 102 g/mol. The molecule has 0 atom stereocenters. The van der Waals surface area contributed by atoms with E-state index >= 15 is 0 Å². The molecule has 36 valence electrons. The van der Waals surface area contributed by atoms with Gasteiger partial charge in [-0.05, 0) is 6.55 Å². The highest BCUT2D eigenvalue weighted by molar-refractivity contribution is 6.77. The smallest absolute Gasteiger partial charge is 0.217 e. The minimum absolute atomic E-state index is 1.63. The molecule has 0 aliphatic carbocycles. The van der Waals surface area contributed by atoms with Gasteiger partial charge < -0.3 is 10.8 Å². The van der Waals surface area contributed by atoms with E-state index in [1.165, 1.54) is 0 Å². The first-order chi connectivity index (χ1) is 2.56. The van der Waals surface area contributed by atoms with Crippen molar-refractivity contribution < 1.29 is 0 Å². The van der Waals surface area contributed by atoms with Crippen molar-refractivity contribution in [1.29, 1.82) is 0 Å². The SMILES string of the molecule is C=C[Si](C)(N)N. The van der Waals surface area contributed by atoms with Crippen LogP contribution >= 0.6 is 0 Å². The fraction of sp³-hybridized carbons (Fsp3) is 0.333. The second kappa shape index (κ2) is 1.55. The fourth-order valence-electron chi connectivity index (χ4n) is 0. The number of hydrogen-bond acceptors (Lipinski definition) is 2. The van der Waals surface area contributed by atoms with Crippen molar-refractivity contribution in [3.63, 3.8) is 0 Å². The van der Waals surface area contributed by atoms with Crippen LogP contribution in [0.5, 0.6) is 0 Å². The quantitative estimate of drug-likeness (QED) is 0.447. The Balaban J connectivity index is 3.45. The Bertz CT molecular complexity index is 54.3. The van der Waals surface area contributed by atoms with Crippen molar-refractivity contribution in [2.24, 2.45) is 10.8 Å². The third-order valence-electron chi connectivity index (χ3n) is 0.440. The predicted octanol–water partition coefficient (Wildman–Crippen LogP) is -0.299. The molecule has 0 bridgehead atoms. The van der Waals surface area contributed by atoms with E-state index < -0.39 is 8.40 Å². The molecule has 0 aliphatic heterocycles. The molecule has 0 amide bonds. The molecule has 0 aromatic carbocycles. The van der Waals surface area contributed by atoms with Crippen molar-refractivity contribution in [2.75, 3.05) is 0 Å². The van der Waals surface area contributed by atoms with Gasteiger partial charge in [-0.1, -0.05) is 5.70 Å². The molecular weight excluding hydrogens is 92.1 g/mol. The first-order valence-electron chi connectivity index (χ1n) is 1.77. The molecule has 0 saturated heterocycles. The van der Waals surface area contributed by atoms with Gasteiger partial charge in [-0.2, -0.15) is 0 Å². The van der Waals surface area contributed by atoms with Crippen molar-refractivity contribution in [1.82, 2.24) is 0 Å². The summed E-state index contributed by atoms with van der Waals surface area (Å²) in [5, 5.41) is 10.7. The van der Waals surface area contributed by atoms with Gasteiger partial charge in [0.2, 0.25) is 8.40 Å². The van der Waals surface area contributed by atoms with E-state index in [0.29, 0.717) is 0 Å². The summed E-state index contributed by atoms with van der Waals surface area (Å²) in [5.74, 6) is 0. The fourth-order valence-corrected chi connectivity index (χ4v) is 0. The molecule has 0 heterocycles. The third kappa shape index (κ3) is 3.88. The van der Waals surface area contributed by atoms with Gasteiger partial charge in [0.15, 0.2) is 0 Å². The van der Waals surface area contributed by atoms with E-state index in [0.717, 1.165) is 0 Å². The maximum atomic E-state index is 5.33. The van der Waals surface area contributed by atoms with E-state index in [1.54, 1.807) is 5.70 Å². The second-order valence-electron chi connectivity index (χ2n) is 1.57. The molecule has 0 aromatic heterocycles. The Morgan fingerprint density at radius 1 is 1.67 bits per heavy atom. The molecule has 0 rings (SSSR count). The van der Waals surface area contributed by atoms with Crippen LogP contribution in [0, 0.1) is 0 Å². The Hall–Kier alpha value is -0.123.